The van der Waals surface area contributed by atoms with Crippen molar-refractivity contribution in [3.63, 3.8) is 0 Å². The SMILES string of the molecule is Cc1ccc([C@H]2COCCN2C(=O)Nc2ccc([S@@](C)=O)cc2)o1. The first kappa shape index (κ1) is 16.7. The molecule has 1 aliphatic heterocycles. The van der Waals surface area contributed by atoms with Gasteiger partial charge in [-0.25, -0.2) is 4.79 Å². The second kappa shape index (κ2) is 7.19. The number of aryl methyl sites for hydroxylation is 1. The Hall–Kier alpha value is -2.12. The standard InChI is InChI=1S/C17H20N2O4S/c1-12-3-8-16(23-12)15-11-22-10-9-19(15)17(20)18-13-4-6-14(7-5-13)24(2)21/h3-8,15H,9-11H2,1-2H3,(H,18,20)/t15-,24-/m1/s1. The lowest BCUT2D eigenvalue weighted by atomic mass is 10.2. The van der Waals surface area contributed by atoms with Crippen LogP contribution in [0.5, 0.6) is 0 Å². The third-order valence-corrected chi connectivity index (χ3v) is 4.85. The molecule has 1 saturated heterocycles. The van der Waals surface area contributed by atoms with Gasteiger partial charge < -0.3 is 19.4 Å². The van der Waals surface area contributed by atoms with E-state index in [9.17, 15) is 9.00 Å². The zero-order valence-electron chi connectivity index (χ0n) is 13.7. The molecule has 2 atom stereocenters. The van der Waals surface area contributed by atoms with Crippen LogP contribution in [0.25, 0.3) is 0 Å². The van der Waals surface area contributed by atoms with E-state index in [-0.39, 0.29) is 12.1 Å². The van der Waals surface area contributed by atoms with Crippen molar-refractivity contribution in [2.45, 2.75) is 17.9 Å². The van der Waals surface area contributed by atoms with Crippen LogP contribution >= 0.6 is 0 Å². The van der Waals surface area contributed by atoms with Gasteiger partial charge in [0, 0.05) is 34.2 Å². The molecule has 0 unspecified atom stereocenters. The number of ether oxygens (including phenoxy) is 1. The molecule has 3 rings (SSSR count). The van der Waals surface area contributed by atoms with Gasteiger partial charge in [0.2, 0.25) is 0 Å². The quantitative estimate of drug-likeness (QED) is 0.926. The summed E-state index contributed by atoms with van der Waals surface area (Å²) in [4.78, 5) is 15.1. The molecule has 2 heterocycles. The van der Waals surface area contributed by atoms with Gasteiger partial charge in [-0.15, -0.1) is 0 Å². The van der Waals surface area contributed by atoms with E-state index in [0.29, 0.717) is 25.4 Å². The summed E-state index contributed by atoms with van der Waals surface area (Å²) >= 11 is 0. The number of anilines is 1. The third-order valence-electron chi connectivity index (χ3n) is 3.92. The number of benzene rings is 1. The lowest BCUT2D eigenvalue weighted by Crippen LogP contribution is -2.45. The number of amides is 2. The van der Waals surface area contributed by atoms with Crippen LogP contribution in [0.3, 0.4) is 0 Å². The minimum Gasteiger partial charge on any atom is -0.464 e. The van der Waals surface area contributed by atoms with Crippen LogP contribution < -0.4 is 5.32 Å². The largest absolute Gasteiger partial charge is 0.464 e. The maximum Gasteiger partial charge on any atom is 0.322 e. The molecule has 1 aliphatic rings. The van der Waals surface area contributed by atoms with E-state index in [1.807, 2.05) is 19.1 Å². The molecule has 2 aromatic rings. The number of hydrogen-bond donors (Lipinski definition) is 1. The van der Waals surface area contributed by atoms with E-state index in [1.54, 1.807) is 35.4 Å². The first-order chi connectivity index (χ1) is 11.5. The fourth-order valence-electron chi connectivity index (χ4n) is 2.64. The minimum atomic E-state index is -1.03. The summed E-state index contributed by atoms with van der Waals surface area (Å²) in [7, 11) is -1.03. The Morgan fingerprint density at radius 1 is 1.25 bits per heavy atom. The molecule has 24 heavy (non-hydrogen) atoms. The van der Waals surface area contributed by atoms with Gasteiger partial charge in [0.25, 0.3) is 0 Å². The number of urea groups is 1. The van der Waals surface area contributed by atoms with E-state index in [0.717, 1.165) is 16.4 Å². The lowest BCUT2D eigenvalue weighted by molar-refractivity contribution is 0.00710. The Balaban J connectivity index is 1.73. The average molecular weight is 348 g/mol. The normalized spacial score (nSPS) is 19.1. The Morgan fingerprint density at radius 2 is 2.00 bits per heavy atom. The molecule has 1 aromatic carbocycles. The lowest BCUT2D eigenvalue weighted by Gasteiger charge is -2.34. The zero-order chi connectivity index (χ0) is 17.1. The van der Waals surface area contributed by atoms with Crippen molar-refractivity contribution in [2.75, 3.05) is 31.3 Å². The number of carbonyl (C=O) groups is 1. The van der Waals surface area contributed by atoms with E-state index in [4.69, 9.17) is 9.15 Å². The first-order valence-corrected chi connectivity index (χ1v) is 9.25. The van der Waals surface area contributed by atoms with Crippen molar-refractivity contribution in [1.29, 1.82) is 0 Å². The highest BCUT2D eigenvalue weighted by Crippen LogP contribution is 2.26. The molecule has 0 bridgehead atoms. The van der Waals surface area contributed by atoms with Crippen molar-refractivity contribution in [1.82, 2.24) is 4.90 Å². The Morgan fingerprint density at radius 3 is 2.62 bits per heavy atom. The van der Waals surface area contributed by atoms with Crippen molar-refractivity contribution in [2.24, 2.45) is 0 Å². The molecule has 0 radical (unpaired) electrons. The smallest absolute Gasteiger partial charge is 0.322 e. The highest BCUT2D eigenvalue weighted by atomic mass is 32.2. The van der Waals surface area contributed by atoms with Crippen LogP contribution in [-0.4, -0.2) is 41.2 Å². The van der Waals surface area contributed by atoms with Crippen LogP contribution in [0.2, 0.25) is 0 Å². The Bertz CT molecular complexity index is 741. The van der Waals surface area contributed by atoms with Crippen LogP contribution in [0.4, 0.5) is 10.5 Å². The molecule has 6 nitrogen and oxygen atoms in total. The Labute approximate surface area is 143 Å². The van der Waals surface area contributed by atoms with Crippen LogP contribution in [0.15, 0.2) is 45.7 Å². The summed E-state index contributed by atoms with van der Waals surface area (Å²) in [6.07, 6.45) is 1.62. The minimum absolute atomic E-state index is 0.206. The molecular weight excluding hydrogens is 328 g/mol. The van der Waals surface area contributed by atoms with Gasteiger partial charge in [-0.1, -0.05) is 0 Å². The summed E-state index contributed by atoms with van der Waals surface area (Å²) in [5.41, 5.74) is 0.662. The van der Waals surface area contributed by atoms with E-state index in [2.05, 4.69) is 5.32 Å². The van der Waals surface area contributed by atoms with Gasteiger partial charge in [-0.3, -0.25) is 4.21 Å². The molecule has 0 spiro atoms. The zero-order valence-corrected chi connectivity index (χ0v) is 14.5. The molecule has 0 saturated carbocycles. The predicted molar refractivity (Wildman–Crippen MR) is 91.5 cm³/mol. The summed E-state index contributed by atoms with van der Waals surface area (Å²) in [6, 6.07) is 10.3. The van der Waals surface area contributed by atoms with Gasteiger partial charge >= 0.3 is 6.03 Å². The number of carbonyl (C=O) groups excluding carboxylic acids is 1. The fourth-order valence-corrected chi connectivity index (χ4v) is 3.16. The van der Waals surface area contributed by atoms with Crippen LogP contribution in [0.1, 0.15) is 17.6 Å². The summed E-state index contributed by atoms with van der Waals surface area (Å²) in [5, 5.41) is 2.88. The highest BCUT2D eigenvalue weighted by Gasteiger charge is 2.30. The van der Waals surface area contributed by atoms with Gasteiger partial charge in [-0.2, -0.15) is 0 Å². The van der Waals surface area contributed by atoms with Crippen LogP contribution in [0, 0.1) is 6.92 Å². The molecule has 1 fully saturated rings. The maximum absolute atomic E-state index is 12.6. The second-order valence-electron chi connectivity index (χ2n) is 5.64. The summed E-state index contributed by atoms with van der Waals surface area (Å²) < 4.78 is 22.6. The second-order valence-corrected chi connectivity index (χ2v) is 7.02. The summed E-state index contributed by atoms with van der Waals surface area (Å²) in [6.45, 7) is 3.27. The molecule has 0 aliphatic carbocycles. The number of nitrogens with one attached hydrogen (secondary N) is 1. The van der Waals surface area contributed by atoms with Gasteiger partial charge in [0.15, 0.2) is 0 Å². The monoisotopic (exact) mass is 348 g/mol. The fraction of sp³-hybridized carbons (Fsp3) is 0.353. The molecule has 1 aromatic heterocycles. The molecule has 128 valence electrons. The van der Waals surface area contributed by atoms with E-state index < -0.39 is 10.8 Å². The van der Waals surface area contributed by atoms with Gasteiger partial charge in [0.1, 0.15) is 17.6 Å². The third kappa shape index (κ3) is 3.68. The van der Waals surface area contributed by atoms with E-state index in [1.165, 1.54) is 0 Å². The van der Waals surface area contributed by atoms with Crippen molar-refractivity contribution >= 4 is 22.5 Å². The number of hydrogen-bond acceptors (Lipinski definition) is 4. The number of furan rings is 1. The van der Waals surface area contributed by atoms with Crippen molar-refractivity contribution in [3.8, 4) is 0 Å². The van der Waals surface area contributed by atoms with Gasteiger partial charge in [-0.05, 0) is 43.3 Å². The maximum atomic E-state index is 12.6. The number of morpholine rings is 1. The molecule has 1 N–H and O–H groups in total. The van der Waals surface area contributed by atoms with E-state index >= 15 is 0 Å². The molecular formula is C17H20N2O4S. The predicted octanol–water partition coefficient (Wildman–Crippen LogP) is 2.93. The topological polar surface area (TPSA) is 71.8 Å². The van der Waals surface area contributed by atoms with Crippen LogP contribution in [-0.2, 0) is 15.5 Å². The highest BCUT2D eigenvalue weighted by molar-refractivity contribution is 7.84. The van der Waals surface area contributed by atoms with Crippen molar-refractivity contribution < 1.29 is 18.2 Å². The first-order valence-electron chi connectivity index (χ1n) is 7.70. The Kier molecular flexibility index (Phi) is 5.01. The van der Waals surface area contributed by atoms with Crippen molar-refractivity contribution in [3.05, 3.63) is 47.9 Å². The number of rotatable bonds is 3. The number of nitrogens with zero attached hydrogens (tertiary/aromatic N) is 1. The molecule has 7 heteroatoms. The average Bonchev–Trinajstić information content (AvgIpc) is 3.01. The summed E-state index contributed by atoms with van der Waals surface area (Å²) in [5.74, 6) is 1.53. The van der Waals surface area contributed by atoms with Gasteiger partial charge in [0.05, 0.1) is 13.2 Å². The molecule has 2 amide bonds.